The predicted octanol–water partition coefficient (Wildman–Crippen LogP) is 1.35. The van der Waals surface area contributed by atoms with Gasteiger partial charge in [-0.2, -0.15) is 5.10 Å². The average molecular weight is 293 g/mol. The molecule has 3 atom stereocenters. The lowest BCUT2D eigenvalue weighted by molar-refractivity contribution is -0.146. The molecule has 1 saturated carbocycles. The van der Waals surface area contributed by atoms with Crippen LogP contribution in [0.3, 0.4) is 0 Å². The van der Waals surface area contributed by atoms with Crippen LogP contribution in [0.2, 0.25) is 0 Å². The normalized spacial score (nSPS) is 25.0. The molecule has 0 aromatic carbocycles. The maximum absolute atomic E-state index is 12.3. The number of carboxylic acid groups (broad SMARTS) is 1. The third kappa shape index (κ3) is 3.43. The van der Waals surface area contributed by atoms with Gasteiger partial charge in [0, 0.05) is 25.4 Å². The lowest BCUT2D eigenvalue weighted by Crippen LogP contribution is -2.35. The van der Waals surface area contributed by atoms with E-state index in [4.69, 9.17) is 0 Å². The number of aryl methyl sites for hydroxylation is 2. The number of rotatable bonds is 5. The first-order valence-corrected chi connectivity index (χ1v) is 7.44. The maximum Gasteiger partial charge on any atom is 0.307 e. The molecule has 1 aromatic heterocycles. The molecule has 0 aliphatic heterocycles. The van der Waals surface area contributed by atoms with Crippen molar-refractivity contribution in [2.45, 2.75) is 39.7 Å². The van der Waals surface area contributed by atoms with Crippen molar-refractivity contribution in [3.8, 4) is 0 Å². The Morgan fingerprint density at radius 3 is 2.71 bits per heavy atom. The molecule has 1 aliphatic carbocycles. The second-order valence-electron chi connectivity index (χ2n) is 5.97. The summed E-state index contributed by atoms with van der Waals surface area (Å²) in [5.74, 6) is -1.71. The molecule has 0 saturated heterocycles. The standard InChI is InChI=1S/C15H23N3O3/c1-4-13-10(8-18(3)17-13)7-16-14(19)11-5-9(2)6-12(11)15(20)21/h8-9,11-12H,4-7H2,1-3H3,(H,16,19)(H,20,21). The van der Waals surface area contributed by atoms with Gasteiger partial charge in [-0.3, -0.25) is 14.3 Å². The zero-order valence-electron chi connectivity index (χ0n) is 12.8. The fraction of sp³-hybridized carbons (Fsp3) is 0.667. The van der Waals surface area contributed by atoms with Crippen molar-refractivity contribution in [3.05, 3.63) is 17.5 Å². The first-order valence-electron chi connectivity index (χ1n) is 7.44. The van der Waals surface area contributed by atoms with Gasteiger partial charge in [0.25, 0.3) is 0 Å². The second-order valence-corrected chi connectivity index (χ2v) is 5.97. The summed E-state index contributed by atoms with van der Waals surface area (Å²) >= 11 is 0. The highest BCUT2D eigenvalue weighted by Gasteiger charge is 2.41. The first-order chi connectivity index (χ1) is 9.92. The zero-order valence-corrected chi connectivity index (χ0v) is 12.8. The minimum atomic E-state index is -0.866. The maximum atomic E-state index is 12.3. The van der Waals surface area contributed by atoms with E-state index < -0.39 is 17.8 Å². The highest BCUT2D eigenvalue weighted by Crippen LogP contribution is 2.36. The molecular weight excluding hydrogens is 270 g/mol. The summed E-state index contributed by atoms with van der Waals surface area (Å²) in [5, 5.41) is 16.4. The van der Waals surface area contributed by atoms with Gasteiger partial charge in [-0.05, 0) is 25.2 Å². The summed E-state index contributed by atoms with van der Waals surface area (Å²) in [6.07, 6.45) is 3.94. The lowest BCUT2D eigenvalue weighted by Gasteiger charge is -2.15. The SMILES string of the molecule is CCc1nn(C)cc1CNC(=O)C1CC(C)CC1C(=O)O. The Labute approximate surface area is 124 Å². The number of nitrogens with one attached hydrogen (secondary N) is 1. The highest BCUT2D eigenvalue weighted by molar-refractivity contribution is 5.85. The fourth-order valence-electron chi connectivity index (χ4n) is 3.20. The van der Waals surface area contributed by atoms with E-state index >= 15 is 0 Å². The molecule has 6 nitrogen and oxygen atoms in total. The summed E-state index contributed by atoms with van der Waals surface area (Å²) in [4.78, 5) is 23.5. The number of carbonyl (C=O) groups excluding carboxylic acids is 1. The summed E-state index contributed by atoms with van der Waals surface area (Å²) in [7, 11) is 1.85. The number of aromatic nitrogens is 2. The van der Waals surface area contributed by atoms with Crippen molar-refractivity contribution in [3.63, 3.8) is 0 Å². The largest absolute Gasteiger partial charge is 0.481 e. The quantitative estimate of drug-likeness (QED) is 0.858. The van der Waals surface area contributed by atoms with E-state index in [0.29, 0.717) is 19.4 Å². The molecule has 1 aliphatic rings. The Balaban J connectivity index is 1.99. The highest BCUT2D eigenvalue weighted by atomic mass is 16.4. The molecule has 3 unspecified atom stereocenters. The zero-order chi connectivity index (χ0) is 15.6. The smallest absolute Gasteiger partial charge is 0.307 e. The molecule has 1 fully saturated rings. The molecule has 1 amide bonds. The Morgan fingerprint density at radius 1 is 1.43 bits per heavy atom. The fourth-order valence-corrected chi connectivity index (χ4v) is 3.20. The minimum absolute atomic E-state index is 0.155. The van der Waals surface area contributed by atoms with Crippen LogP contribution in [0, 0.1) is 17.8 Å². The van der Waals surface area contributed by atoms with Gasteiger partial charge in [-0.15, -0.1) is 0 Å². The van der Waals surface area contributed by atoms with E-state index in [1.807, 2.05) is 27.1 Å². The predicted molar refractivity (Wildman–Crippen MR) is 77.4 cm³/mol. The number of hydrogen-bond donors (Lipinski definition) is 2. The molecule has 2 rings (SSSR count). The summed E-state index contributed by atoms with van der Waals surface area (Å²) in [6.45, 7) is 4.43. The summed E-state index contributed by atoms with van der Waals surface area (Å²) in [6, 6.07) is 0. The molecule has 116 valence electrons. The van der Waals surface area contributed by atoms with Gasteiger partial charge in [-0.1, -0.05) is 13.8 Å². The van der Waals surface area contributed by atoms with Crippen LogP contribution in [-0.4, -0.2) is 26.8 Å². The number of carboxylic acids is 1. The van der Waals surface area contributed by atoms with Gasteiger partial charge in [0.2, 0.25) is 5.91 Å². The lowest BCUT2D eigenvalue weighted by atomic mass is 9.95. The number of hydrogen-bond acceptors (Lipinski definition) is 3. The molecule has 2 N–H and O–H groups in total. The molecule has 0 bridgehead atoms. The number of aliphatic carboxylic acids is 1. The number of nitrogens with zero attached hydrogens (tertiary/aromatic N) is 2. The molecule has 1 aromatic rings. The van der Waals surface area contributed by atoms with E-state index in [-0.39, 0.29) is 11.8 Å². The molecule has 0 spiro atoms. The summed E-state index contributed by atoms with van der Waals surface area (Å²) < 4.78 is 1.73. The van der Waals surface area contributed by atoms with E-state index in [2.05, 4.69) is 10.4 Å². The summed E-state index contributed by atoms with van der Waals surface area (Å²) in [5.41, 5.74) is 1.96. The third-order valence-electron chi connectivity index (χ3n) is 4.23. The van der Waals surface area contributed by atoms with Gasteiger partial charge in [0.1, 0.15) is 0 Å². The van der Waals surface area contributed by atoms with Crippen molar-refractivity contribution in [2.75, 3.05) is 0 Å². The van der Waals surface area contributed by atoms with Crippen molar-refractivity contribution >= 4 is 11.9 Å². The van der Waals surface area contributed by atoms with Gasteiger partial charge in [-0.25, -0.2) is 0 Å². The second kappa shape index (κ2) is 6.28. The van der Waals surface area contributed by atoms with Gasteiger partial charge < -0.3 is 10.4 Å². The molecular formula is C15H23N3O3. The van der Waals surface area contributed by atoms with Crippen LogP contribution in [-0.2, 0) is 29.6 Å². The molecule has 21 heavy (non-hydrogen) atoms. The van der Waals surface area contributed by atoms with Crippen LogP contribution in [0.4, 0.5) is 0 Å². The van der Waals surface area contributed by atoms with Crippen molar-refractivity contribution in [1.29, 1.82) is 0 Å². The first kappa shape index (κ1) is 15.5. The Morgan fingerprint density at radius 2 is 2.10 bits per heavy atom. The van der Waals surface area contributed by atoms with Gasteiger partial charge in [0.15, 0.2) is 0 Å². The Bertz CT molecular complexity index is 538. The van der Waals surface area contributed by atoms with E-state index in [0.717, 1.165) is 17.7 Å². The minimum Gasteiger partial charge on any atom is -0.481 e. The molecule has 6 heteroatoms. The van der Waals surface area contributed by atoms with Crippen molar-refractivity contribution in [2.24, 2.45) is 24.8 Å². The molecule has 1 heterocycles. The monoisotopic (exact) mass is 293 g/mol. The van der Waals surface area contributed by atoms with Gasteiger partial charge in [0.05, 0.1) is 17.5 Å². The van der Waals surface area contributed by atoms with Crippen LogP contribution in [0.15, 0.2) is 6.20 Å². The molecule has 0 radical (unpaired) electrons. The van der Waals surface area contributed by atoms with Gasteiger partial charge >= 0.3 is 5.97 Å². The Hall–Kier alpha value is -1.85. The van der Waals surface area contributed by atoms with Crippen LogP contribution in [0.25, 0.3) is 0 Å². The van der Waals surface area contributed by atoms with Crippen molar-refractivity contribution in [1.82, 2.24) is 15.1 Å². The number of amides is 1. The third-order valence-corrected chi connectivity index (χ3v) is 4.23. The Kier molecular flexibility index (Phi) is 4.65. The van der Waals surface area contributed by atoms with E-state index in [9.17, 15) is 14.7 Å². The topological polar surface area (TPSA) is 84.2 Å². The van der Waals surface area contributed by atoms with Crippen LogP contribution < -0.4 is 5.32 Å². The van der Waals surface area contributed by atoms with Crippen LogP contribution in [0.1, 0.15) is 37.9 Å². The van der Waals surface area contributed by atoms with Crippen LogP contribution in [0.5, 0.6) is 0 Å². The van der Waals surface area contributed by atoms with E-state index in [1.54, 1.807) is 4.68 Å². The van der Waals surface area contributed by atoms with Crippen molar-refractivity contribution < 1.29 is 14.7 Å². The van der Waals surface area contributed by atoms with E-state index in [1.165, 1.54) is 0 Å². The average Bonchev–Trinajstić information content (AvgIpc) is 2.98. The van der Waals surface area contributed by atoms with Crippen LogP contribution >= 0.6 is 0 Å². The number of carbonyl (C=O) groups is 2.